The first-order valence-corrected chi connectivity index (χ1v) is 7.14. The molecule has 22 heavy (non-hydrogen) atoms. The fourth-order valence-corrected chi connectivity index (χ4v) is 2.88. The fraction of sp³-hybridized carbons (Fsp3) is 0.733. The van der Waals surface area contributed by atoms with Crippen LogP contribution in [0.15, 0.2) is 16.8 Å². The molecule has 2 aliphatic heterocycles. The van der Waals surface area contributed by atoms with Crippen LogP contribution in [-0.2, 0) is 18.9 Å². The summed E-state index contributed by atoms with van der Waals surface area (Å²) >= 11 is 0. The molecule has 1 amide bonds. The molecule has 2 aliphatic rings. The molecular weight excluding hydrogens is 288 g/mol. The van der Waals surface area contributed by atoms with Crippen LogP contribution in [0.5, 0.6) is 0 Å². The van der Waals surface area contributed by atoms with E-state index in [1.165, 1.54) is 14.2 Å². The summed E-state index contributed by atoms with van der Waals surface area (Å²) in [6.45, 7) is 9.51. The predicted octanol–water partition coefficient (Wildman–Crippen LogP) is 1.58. The van der Waals surface area contributed by atoms with Crippen LogP contribution in [0.2, 0.25) is 0 Å². The minimum atomic E-state index is -1.02. The topological polar surface area (TPSA) is 69.6 Å². The van der Waals surface area contributed by atoms with Crippen molar-refractivity contribution >= 4 is 12.8 Å². The Kier molecular flexibility index (Phi) is 4.60. The molecule has 7 heteroatoms. The van der Waals surface area contributed by atoms with Crippen molar-refractivity contribution in [3.63, 3.8) is 0 Å². The molecule has 2 atom stereocenters. The van der Waals surface area contributed by atoms with Gasteiger partial charge in [0.1, 0.15) is 24.4 Å². The van der Waals surface area contributed by atoms with Gasteiger partial charge in [0.2, 0.25) is 5.79 Å². The Morgan fingerprint density at radius 1 is 1.45 bits per heavy atom. The number of fused-ring (bicyclic) bond motifs is 1. The zero-order chi connectivity index (χ0) is 16.5. The Hall–Kier alpha value is -1.44. The SMILES string of the molecule is C=N/C=C1\CN(C(=O)OC(C)(C)C)[C@H]2[C@@H]1OCC2(OC)OC. The Labute approximate surface area is 130 Å². The van der Waals surface area contributed by atoms with E-state index < -0.39 is 23.5 Å². The Bertz CT molecular complexity index is 479. The van der Waals surface area contributed by atoms with E-state index in [9.17, 15) is 4.79 Å². The molecule has 0 N–H and O–H groups in total. The third-order valence-electron chi connectivity index (χ3n) is 3.83. The Morgan fingerprint density at radius 3 is 2.59 bits per heavy atom. The first-order valence-electron chi connectivity index (χ1n) is 7.14. The summed E-state index contributed by atoms with van der Waals surface area (Å²) in [6.07, 6.45) is 0.848. The van der Waals surface area contributed by atoms with Crippen LogP contribution in [0.3, 0.4) is 0 Å². The standard InChI is InChI=1S/C15H24N2O5/c1-14(2,3)22-13(18)17-8-10(7-16-4)11-12(17)15(19-5,20-6)9-21-11/h7,11-12H,4,8-9H2,1-3,5-6H3/b10-7+/t11-,12+/m1/s1. The number of ether oxygens (including phenoxy) is 4. The van der Waals surface area contributed by atoms with Crippen LogP contribution < -0.4 is 0 Å². The second kappa shape index (κ2) is 5.98. The van der Waals surface area contributed by atoms with Gasteiger partial charge in [-0.15, -0.1) is 0 Å². The molecule has 0 bridgehead atoms. The number of likely N-dealkylation sites (tertiary alicyclic amines) is 1. The second-order valence-electron chi connectivity index (χ2n) is 6.39. The van der Waals surface area contributed by atoms with Gasteiger partial charge in [-0.05, 0) is 33.1 Å². The molecule has 0 saturated carbocycles. The van der Waals surface area contributed by atoms with Gasteiger partial charge in [0.05, 0.1) is 6.54 Å². The second-order valence-corrected chi connectivity index (χ2v) is 6.39. The molecule has 2 saturated heterocycles. The third kappa shape index (κ3) is 2.88. The first kappa shape index (κ1) is 16.9. The van der Waals surface area contributed by atoms with E-state index in [2.05, 4.69) is 11.7 Å². The largest absolute Gasteiger partial charge is 0.444 e. The average Bonchev–Trinajstić information content (AvgIpc) is 2.97. The number of amides is 1. The van der Waals surface area contributed by atoms with Gasteiger partial charge in [0.15, 0.2) is 0 Å². The number of hydrogen-bond donors (Lipinski definition) is 0. The summed E-state index contributed by atoms with van der Waals surface area (Å²) in [5.74, 6) is -1.02. The van der Waals surface area contributed by atoms with Crippen molar-refractivity contribution in [3.8, 4) is 0 Å². The van der Waals surface area contributed by atoms with E-state index in [-0.39, 0.29) is 12.7 Å². The van der Waals surface area contributed by atoms with E-state index in [4.69, 9.17) is 18.9 Å². The highest BCUT2D eigenvalue weighted by atomic mass is 16.7. The molecule has 0 aromatic rings. The quantitative estimate of drug-likeness (QED) is 0.584. The van der Waals surface area contributed by atoms with E-state index in [0.29, 0.717) is 6.54 Å². The van der Waals surface area contributed by atoms with Gasteiger partial charge < -0.3 is 18.9 Å². The number of nitrogens with zero attached hydrogens (tertiary/aromatic N) is 2. The van der Waals surface area contributed by atoms with Gasteiger partial charge in [-0.2, -0.15) is 0 Å². The van der Waals surface area contributed by atoms with E-state index in [0.717, 1.165) is 5.57 Å². The van der Waals surface area contributed by atoms with Crippen molar-refractivity contribution in [2.75, 3.05) is 27.4 Å². The normalized spacial score (nSPS) is 28.8. The summed E-state index contributed by atoms with van der Waals surface area (Å²) in [5, 5.41) is 0. The Balaban J connectivity index is 2.34. The molecule has 0 unspecified atom stereocenters. The number of rotatable bonds is 3. The maximum Gasteiger partial charge on any atom is 0.411 e. The molecular formula is C15H24N2O5. The van der Waals surface area contributed by atoms with Crippen molar-refractivity contribution in [3.05, 3.63) is 11.8 Å². The third-order valence-corrected chi connectivity index (χ3v) is 3.83. The zero-order valence-electron chi connectivity index (χ0n) is 13.8. The highest BCUT2D eigenvalue weighted by Crippen LogP contribution is 2.41. The first-order chi connectivity index (χ1) is 10.3. The van der Waals surface area contributed by atoms with Gasteiger partial charge >= 0.3 is 6.09 Å². The molecule has 7 nitrogen and oxygen atoms in total. The summed E-state index contributed by atoms with van der Waals surface area (Å²) in [5.41, 5.74) is 0.264. The summed E-state index contributed by atoms with van der Waals surface area (Å²) < 4.78 is 22.3. The molecule has 0 aromatic carbocycles. The van der Waals surface area contributed by atoms with E-state index in [1.54, 1.807) is 11.1 Å². The zero-order valence-corrected chi connectivity index (χ0v) is 13.8. The van der Waals surface area contributed by atoms with Gasteiger partial charge in [0.25, 0.3) is 0 Å². The minimum Gasteiger partial charge on any atom is -0.444 e. The van der Waals surface area contributed by atoms with Crippen molar-refractivity contribution in [2.45, 2.75) is 44.3 Å². The average molecular weight is 312 g/mol. The molecule has 0 spiro atoms. The van der Waals surface area contributed by atoms with Crippen molar-refractivity contribution in [2.24, 2.45) is 4.99 Å². The van der Waals surface area contributed by atoms with Gasteiger partial charge in [-0.25, -0.2) is 4.79 Å². The predicted molar refractivity (Wildman–Crippen MR) is 80.8 cm³/mol. The van der Waals surface area contributed by atoms with Crippen LogP contribution >= 0.6 is 0 Å². The summed E-state index contributed by atoms with van der Waals surface area (Å²) in [6, 6.07) is -0.426. The molecule has 2 heterocycles. The smallest absolute Gasteiger partial charge is 0.411 e. The molecule has 0 radical (unpaired) electrons. The van der Waals surface area contributed by atoms with E-state index in [1.807, 2.05) is 20.8 Å². The molecule has 0 aromatic heterocycles. The van der Waals surface area contributed by atoms with Gasteiger partial charge in [0, 0.05) is 20.4 Å². The fourth-order valence-electron chi connectivity index (χ4n) is 2.88. The number of hydrogen-bond acceptors (Lipinski definition) is 6. The molecule has 2 fully saturated rings. The maximum atomic E-state index is 12.5. The Morgan fingerprint density at radius 2 is 2.09 bits per heavy atom. The van der Waals surface area contributed by atoms with Crippen LogP contribution in [0, 0.1) is 0 Å². The van der Waals surface area contributed by atoms with Crippen molar-refractivity contribution in [1.29, 1.82) is 0 Å². The van der Waals surface area contributed by atoms with Gasteiger partial charge in [-0.1, -0.05) is 0 Å². The maximum absolute atomic E-state index is 12.5. The number of aliphatic imine (C=N–C) groups is 1. The van der Waals surface area contributed by atoms with Crippen molar-refractivity contribution in [1.82, 2.24) is 4.90 Å². The summed E-state index contributed by atoms with van der Waals surface area (Å²) in [7, 11) is 3.08. The van der Waals surface area contributed by atoms with Crippen LogP contribution in [0.4, 0.5) is 4.79 Å². The number of carbonyl (C=O) groups excluding carboxylic acids is 1. The molecule has 124 valence electrons. The van der Waals surface area contributed by atoms with Gasteiger partial charge in [-0.3, -0.25) is 9.89 Å². The summed E-state index contributed by atoms with van der Waals surface area (Å²) in [4.78, 5) is 17.9. The van der Waals surface area contributed by atoms with Crippen LogP contribution in [0.1, 0.15) is 20.8 Å². The number of carbonyl (C=O) groups is 1. The lowest BCUT2D eigenvalue weighted by atomic mass is 10.0. The highest BCUT2D eigenvalue weighted by Gasteiger charge is 2.60. The van der Waals surface area contributed by atoms with E-state index >= 15 is 0 Å². The molecule has 0 aliphatic carbocycles. The van der Waals surface area contributed by atoms with Crippen LogP contribution in [0.25, 0.3) is 0 Å². The lowest BCUT2D eigenvalue weighted by Crippen LogP contribution is -2.55. The van der Waals surface area contributed by atoms with Crippen molar-refractivity contribution < 1.29 is 23.7 Å². The van der Waals surface area contributed by atoms with Crippen LogP contribution in [-0.4, -0.2) is 68.6 Å². The highest BCUT2D eigenvalue weighted by molar-refractivity contribution is 5.70. The molecule has 2 rings (SSSR count). The number of methoxy groups -OCH3 is 2. The monoisotopic (exact) mass is 312 g/mol. The minimum absolute atomic E-state index is 0.225. The lowest BCUT2D eigenvalue weighted by molar-refractivity contribution is -0.224. The lowest BCUT2D eigenvalue weighted by Gasteiger charge is -2.36.